The molecule has 0 atom stereocenters. The van der Waals surface area contributed by atoms with Crippen LogP contribution in [0.25, 0.3) is 0 Å². The van der Waals surface area contributed by atoms with Gasteiger partial charge < -0.3 is 4.43 Å². The van der Waals surface area contributed by atoms with Gasteiger partial charge in [0, 0.05) is 6.61 Å². The largest absolute Gasteiger partial charge is 0.423 e. The maximum Gasteiger partial charge on any atom is 0.166 e. The molecule has 2 heteroatoms. The Morgan fingerprint density at radius 2 is 1.12 bits per heavy atom. The van der Waals surface area contributed by atoms with Crippen LogP contribution in [0.5, 0.6) is 0 Å². The van der Waals surface area contributed by atoms with E-state index in [4.69, 9.17) is 4.43 Å². The Hall–Kier alpha value is -0.863. The van der Waals surface area contributed by atoms with Gasteiger partial charge in [-0.3, -0.25) is 0 Å². The van der Waals surface area contributed by atoms with Crippen LogP contribution in [0.15, 0.2) is 48.6 Å². The first-order chi connectivity index (χ1) is 12.6. The summed E-state index contributed by atoms with van der Waals surface area (Å²) in [6, 6.07) is 0. The van der Waals surface area contributed by atoms with Crippen molar-refractivity contribution in [3.05, 3.63) is 48.6 Å². The van der Waals surface area contributed by atoms with Crippen molar-refractivity contribution in [2.75, 3.05) is 6.61 Å². The molecule has 0 unspecified atom stereocenters. The second kappa shape index (κ2) is 18.9. The molecule has 0 spiro atoms. The lowest BCUT2D eigenvalue weighted by Crippen LogP contribution is -2.13. The third-order valence-electron chi connectivity index (χ3n) is 3.90. The molecule has 0 bridgehead atoms. The van der Waals surface area contributed by atoms with Crippen molar-refractivity contribution in [2.24, 2.45) is 0 Å². The lowest BCUT2D eigenvalue weighted by molar-refractivity contribution is 0.310. The molecule has 0 aliphatic carbocycles. The zero-order valence-electron chi connectivity index (χ0n) is 18.0. The molecular formula is C24H44OSi. The van der Waals surface area contributed by atoms with Crippen molar-refractivity contribution >= 4 is 9.76 Å². The Bertz CT molecular complexity index is 399. The second-order valence-corrected chi connectivity index (χ2v) is 11.0. The molecule has 0 saturated carbocycles. The van der Waals surface area contributed by atoms with E-state index >= 15 is 0 Å². The van der Waals surface area contributed by atoms with Crippen molar-refractivity contribution in [3.63, 3.8) is 0 Å². The Morgan fingerprint density at radius 3 is 1.58 bits per heavy atom. The Morgan fingerprint density at radius 1 is 0.654 bits per heavy atom. The van der Waals surface area contributed by atoms with Crippen molar-refractivity contribution in [2.45, 2.75) is 96.9 Å². The minimum Gasteiger partial charge on any atom is -0.423 e. The van der Waals surface area contributed by atoms with Gasteiger partial charge >= 0.3 is 0 Å². The van der Waals surface area contributed by atoms with E-state index in [1.54, 1.807) is 0 Å². The first kappa shape index (κ1) is 25.1. The summed E-state index contributed by atoms with van der Waals surface area (Å²) in [5.41, 5.74) is 0. The van der Waals surface area contributed by atoms with Gasteiger partial charge in [-0.1, -0.05) is 89.1 Å². The van der Waals surface area contributed by atoms with Crippen LogP contribution in [-0.2, 0) is 4.43 Å². The minimum atomic E-state index is -0.355. The monoisotopic (exact) mass is 376 g/mol. The standard InChI is InChI=1S/C24H44OSi/c1-5-6-7-8-9-10-11-12-13-14-15-16-17-18-19-20-21-22-23-25-26-24(2,3)4/h9-10,12-13,15-16,18-19H,5-8,11,14,17,20-23,26H2,1-4H3. The van der Waals surface area contributed by atoms with Crippen LogP contribution < -0.4 is 0 Å². The van der Waals surface area contributed by atoms with E-state index in [9.17, 15) is 0 Å². The van der Waals surface area contributed by atoms with Crippen LogP contribution in [0.1, 0.15) is 91.9 Å². The molecule has 0 heterocycles. The quantitative estimate of drug-likeness (QED) is 0.154. The first-order valence-electron chi connectivity index (χ1n) is 10.7. The first-order valence-corrected chi connectivity index (χ1v) is 12.0. The third kappa shape index (κ3) is 23.1. The lowest BCUT2D eigenvalue weighted by Gasteiger charge is -2.16. The van der Waals surface area contributed by atoms with Crippen molar-refractivity contribution in [1.82, 2.24) is 0 Å². The van der Waals surface area contributed by atoms with Gasteiger partial charge in [-0.25, -0.2) is 0 Å². The molecule has 0 aromatic carbocycles. The van der Waals surface area contributed by atoms with Crippen molar-refractivity contribution in [3.8, 4) is 0 Å². The number of hydrogen-bond donors (Lipinski definition) is 0. The van der Waals surface area contributed by atoms with E-state index in [2.05, 4.69) is 76.3 Å². The van der Waals surface area contributed by atoms with Crippen LogP contribution in [0.2, 0.25) is 5.04 Å². The molecule has 0 saturated heterocycles. The average Bonchev–Trinajstić information content (AvgIpc) is 2.59. The van der Waals surface area contributed by atoms with Crippen LogP contribution in [0.3, 0.4) is 0 Å². The highest BCUT2D eigenvalue weighted by Crippen LogP contribution is 2.19. The molecule has 0 aromatic heterocycles. The van der Waals surface area contributed by atoms with Crippen LogP contribution in [-0.4, -0.2) is 16.4 Å². The number of allylic oxidation sites excluding steroid dienone is 8. The summed E-state index contributed by atoms with van der Waals surface area (Å²) in [6.45, 7) is 10.0. The molecular weight excluding hydrogens is 332 g/mol. The number of rotatable bonds is 16. The Kier molecular flexibility index (Phi) is 18.3. The van der Waals surface area contributed by atoms with Gasteiger partial charge in [0.2, 0.25) is 0 Å². The van der Waals surface area contributed by atoms with E-state index in [1.165, 1.54) is 44.9 Å². The SMILES string of the molecule is CCCCCC=CCC=CCC=CCC=CCCCCO[SiH2]C(C)(C)C. The fraction of sp³-hybridized carbons (Fsp3) is 0.667. The number of hydrogen-bond acceptors (Lipinski definition) is 1. The van der Waals surface area contributed by atoms with Gasteiger partial charge in [-0.2, -0.15) is 0 Å². The normalized spacial score (nSPS) is 13.7. The fourth-order valence-electron chi connectivity index (χ4n) is 2.41. The average molecular weight is 377 g/mol. The molecule has 0 N–H and O–H groups in total. The van der Waals surface area contributed by atoms with Gasteiger partial charge in [-0.15, -0.1) is 0 Å². The van der Waals surface area contributed by atoms with Crippen LogP contribution in [0.4, 0.5) is 0 Å². The van der Waals surface area contributed by atoms with Crippen molar-refractivity contribution < 1.29 is 4.43 Å². The zero-order chi connectivity index (χ0) is 19.3. The highest BCUT2D eigenvalue weighted by molar-refractivity contribution is 6.31. The fourth-order valence-corrected chi connectivity index (χ4v) is 3.37. The number of unbranched alkanes of at least 4 members (excludes halogenated alkanes) is 5. The Balaban J connectivity index is 3.38. The molecule has 1 nitrogen and oxygen atoms in total. The highest BCUT2D eigenvalue weighted by Gasteiger charge is 2.10. The van der Waals surface area contributed by atoms with E-state index in [1.807, 2.05) is 0 Å². The molecule has 0 aliphatic rings. The van der Waals surface area contributed by atoms with Crippen molar-refractivity contribution in [1.29, 1.82) is 0 Å². The van der Waals surface area contributed by atoms with Gasteiger partial charge in [0.05, 0.1) is 0 Å². The topological polar surface area (TPSA) is 9.23 Å². The van der Waals surface area contributed by atoms with Gasteiger partial charge in [0.1, 0.15) is 0 Å². The molecule has 0 fully saturated rings. The molecule has 0 rings (SSSR count). The van der Waals surface area contributed by atoms with E-state index in [0.29, 0.717) is 5.04 Å². The summed E-state index contributed by atoms with van der Waals surface area (Å²) in [5, 5.41) is 0.423. The smallest absolute Gasteiger partial charge is 0.166 e. The van der Waals surface area contributed by atoms with Gasteiger partial charge in [-0.05, 0) is 56.4 Å². The summed E-state index contributed by atoms with van der Waals surface area (Å²) in [5.74, 6) is 0. The van der Waals surface area contributed by atoms with Gasteiger partial charge in [0.15, 0.2) is 9.76 Å². The summed E-state index contributed by atoms with van der Waals surface area (Å²) in [6.07, 6.45) is 30.3. The minimum absolute atomic E-state index is 0.355. The lowest BCUT2D eigenvalue weighted by atomic mass is 10.2. The van der Waals surface area contributed by atoms with Gasteiger partial charge in [0.25, 0.3) is 0 Å². The third-order valence-corrected chi connectivity index (χ3v) is 5.26. The molecule has 0 amide bonds. The predicted octanol–water partition coefficient (Wildman–Crippen LogP) is 7.45. The predicted molar refractivity (Wildman–Crippen MR) is 123 cm³/mol. The molecule has 150 valence electrons. The van der Waals surface area contributed by atoms with E-state index in [0.717, 1.165) is 25.9 Å². The summed E-state index contributed by atoms with van der Waals surface area (Å²) in [4.78, 5) is 0. The summed E-state index contributed by atoms with van der Waals surface area (Å²) in [7, 11) is -0.355. The van der Waals surface area contributed by atoms with Crippen LogP contribution in [0, 0.1) is 0 Å². The molecule has 0 radical (unpaired) electrons. The summed E-state index contributed by atoms with van der Waals surface area (Å²) < 4.78 is 5.82. The van der Waals surface area contributed by atoms with E-state index in [-0.39, 0.29) is 9.76 Å². The maximum absolute atomic E-state index is 5.82. The molecule has 0 aromatic rings. The second-order valence-electron chi connectivity index (χ2n) is 8.20. The summed E-state index contributed by atoms with van der Waals surface area (Å²) >= 11 is 0. The maximum atomic E-state index is 5.82. The molecule has 26 heavy (non-hydrogen) atoms. The Labute approximate surface area is 166 Å². The molecule has 0 aliphatic heterocycles. The highest BCUT2D eigenvalue weighted by atomic mass is 28.2. The zero-order valence-corrected chi connectivity index (χ0v) is 19.4. The van der Waals surface area contributed by atoms with E-state index < -0.39 is 0 Å². The van der Waals surface area contributed by atoms with Crippen LogP contribution >= 0.6 is 0 Å².